The lowest BCUT2D eigenvalue weighted by Crippen LogP contribution is -2.20. The lowest BCUT2D eigenvalue weighted by Gasteiger charge is -2.22. The molecule has 0 unspecified atom stereocenters. The highest BCUT2D eigenvalue weighted by molar-refractivity contribution is 8.04. The summed E-state index contributed by atoms with van der Waals surface area (Å²) < 4.78 is 2.12. The molecule has 0 aliphatic carbocycles. The number of anilines is 1. The van der Waals surface area contributed by atoms with Gasteiger partial charge in [-0.3, -0.25) is 4.31 Å². The molecule has 3 aromatic rings. The SMILES string of the molecule is C=C(C)Cc1ccccc1C(=C)NCc1ccc(CN2C(=C)SN(c3ccccc3)C2=C)cc1. The zero-order valence-electron chi connectivity index (χ0n) is 19.8. The molecule has 1 heterocycles. The van der Waals surface area contributed by atoms with Crippen LogP contribution >= 0.6 is 11.9 Å². The van der Waals surface area contributed by atoms with Crippen LogP contribution in [0.3, 0.4) is 0 Å². The number of hydrogen-bond donors (Lipinski definition) is 1. The third-order valence-corrected chi connectivity index (χ3v) is 6.77. The molecule has 34 heavy (non-hydrogen) atoms. The zero-order valence-corrected chi connectivity index (χ0v) is 20.6. The Morgan fingerprint density at radius 2 is 1.50 bits per heavy atom. The molecule has 4 heteroatoms. The third kappa shape index (κ3) is 5.46. The number of rotatable bonds is 9. The number of hydrogen-bond acceptors (Lipinski definition) is 4. The second-order valence-electron chi connectivity index (χ2n) is 8.56. The van der Waals surface area contributed by atoms with Crippen molar-refractivity contribution in [2.75, 3.05) is 4.31 Å². The van der Waals surface area contributed by atoms with E-state index in [1.165, 1.54) is 16.7 Å². The standard InChI is InChI=1S/C30H31N3S/c1-22(2)19-28-11-9-10-14-30(28)23(3)31-20-26-15-17-27(18-16-26)21-32-24(4)33(34-25(32)5)29-12-7-6-8-13-29/h6-18,31H,1,3-5,19-21H2,2H3. The molecule has 1 aliphatic heterocycles. The first-order valence-corrected chi connectivity index (χ1v) is 12.1. The summed E-state index contributed by atoms with van der Waals surface area (Å²) in [4.78, 5) is 2.16. The first kappa shape index (κ1) is 23.5. The summed E-state index contributed by atoms with van der Waals surface area (Å²) in [6, 6.07) is 27.3. The largest absolute Gasteiger partial charge is 0.381 e. The van der Waals surface area contributed by atoms with Crippen molar-refractivity contribution in [3.63, 3.8) is 0 Å². The third-order valence-electron chi connectivity index (χ3n) is 5.74. The highest BCUT2D eigenvalue weighted by Crippen LogP contribution is 2.42. The van der Waals surface area contributed by atoms with Crippen LogP contribution in [0.2, 0.25) is 0 Å². The van der Waals surface area contributed by atoms with E-state index in [4.69, 9.17) is 0 Å². The van der Waals surface area contributed by atoms with Gasteiger partial charge in [-0.05, 0) is 42.2 Å². The molecule has 0 amide bonds. The van der Waals surface area contributed by atoms with Gasteiger partial charge in [-0.25, -0.2) is 0 Å². The molecule has 0 bridgehead atoms. The lowest BCUT2D eigenvalue weighted by atomic mass is 9.99. The van der Waals surface area contributed by atoms with Crippen LogP contribution in [-0.2, 0) is 19.5 Å². The van der Waals surface area contributed by atoms with Gasteiger partial charge in [-0.1, -0.05) is 98.6 Å². The van der Waals surface area contributed by atoms with Crippen LogP contribution in [0.1, 0.15) is 29.2 Å². The van der Waals surface area contributed by atoms with Crippen molar-refractivity contribution in [3.05, 3.63) is 144 Å². The van der Waals surface area contributed by atoms with Crippen LogP contribution in [0.25, 0.3) is 5.70 Å². The molecular formula is C30H31N3S. The van der Waals surface area contributed by atoms with Crippen molar-refractivity contribution in [2.24, 2.45) is 0 Å². The minimum Gasteiger partial charge on any atom is -0.381 e. The first-order chi connectivity index (χ1) is 16.4. The van der Waals surface area contributed by atoms with Crippen molar-refractivity contribution in [2.45, 2.75) is 26.4 Å². The van der Waals surface area contributed by atoms with Crippen LogP contribution in [0, 0.1) is 0 Å². The maximum atomic E-state index is 4.31. The van der Waals surface area contributed by atoms with E-state index in [9.17, 15) is 0 Å². The van der Waals surface area contributed by atoms with Crippen molar-refractivity contribution < 1.29 is 0 Å². The summed E-state index contributed by atoms with van der Waals surface area (Å²) in [7, 11) is 0. The maximum absolute atomic E-state index is 4.31. The minimum atomic E-state index is 0.723. The number of benzene rings is 3. The van der Waals surface area contributed by atoms with E-state index in [0.29, 0.717) is 0 Å². The molecule has 0 radical (unpaired) electrons. The van der Waals surface area contributed by atoms with Gasteiger partial charge in [0.25, 0.3) is 0 Å². The molecular weight excluding hydrogens is 434 g/mol. The molecule has 1 fully saturated rings. The summed E-state index contributed by atoms with van der Waals surface area (Å²) >= 11 is 1.61. The van der Waals surface area contributed by atoms with Gasteiger partial charge in [0.2, 0.25) is 0 Å². The van der Waals surface area contributed by atoms with Crippen LogP contribution < -0.4 is 9.62 Å². The van der Waals surface area contributed by atoms with Gasteiger partial charge in [0, 0.05) is 29.8 Å². The number of nitrogens with one attached hydrogen (secondary N) is 1. The Kier molecular flexibility index (Phi) is 7.29. The molecule has 1 saturated heterocycles. The molecule has 0 aromatic heterocycles. The maximum Gasteiger partial charge on any atom is 0.117 e. The normalized spacial score (nSPS) is 13.3. The van der Waals surface area contributed by atoms with Gasteiger partial charge in [0.05, 0.1) is 17.3 Å². The summed E-state index contributed by atoms with van der Waals surface area (Å²) in [6.07, 6.45) is 0.860. The fourth-order valence-corrected chi connectivity index (χ4v) is 4.86. The van der Waals surface area contributed by atoms with Gasteiger partial charge >= 0.3 is 0 Å². The quantitative estimate of drug-likeness (QED) is 0.261. The van der Waals surface area contributed by atoms with Gasteiger partial charge < -0.3 is 10.2 Å². The number of nitrogens with zero attached hydrogens (tertiary/aromatic N) is 2. The molecule has 0 atom stereocenters. The average molecular weight is 466 g/mol. The smallest absolute Gasteiger partial charge is 0.117 e. The Balaban J connectivity index is 1.36. The van der Waals surface area contributed by atoms with E-state index in [1.807, 2.05) is 18.2 Å². The summed E-state index contributed by atoms with van der Waals surface area (Å²) in [5.74, 6) is 0.927. The Morgan fingerprint density at radius 1 is 0.853 bits per heavy atom. The van der Waals surface area contributed by atoms with Crippen LogP contribution in [0.4, 0.5) is 5.69 Å². The molecule has 1 N–H and O–H groups in total. The second-order valence-corrected chi connectivity index (χ2v) is 9.58. The molecule has 0 saturated carbocycles. The van der Waals surface area contributed by atoms with E-state index in [1.54, 1.807) is 11.9 Å². The highest BCUT2D eigenvalue weighted by atomic mass is 32.2. The molecule has 4 rings (SSSR count). The van der Waals surface area contributed by atoms with Crippen LogP contribution in [0.15, 0.2) is 122 Å². The topological polar surface area (TPSA) is 18.5 Å². The van der Waals surface area contributed by atoms with Crippen LogP contribution in [0.5, 0.6) is 0 Å². The Hall–Kier alpha value is -3.63. The number of para-hydroxylation sites is 1. The molecule has 172 valence electrons. The van der Waals surface area contributed by atoms with Gasteiger partial charge in [-0.15, -0.1) is 0 Å². The fourth-order valence-electron chi connectivity index (χ4n) is 3.95. The fraction of sp³-hybridized carbons (Fsp3) is 0.133. The number of allylic oxidation sites excluding steroid dienone is 1. The predicted molar refractivity (Wildman–Crippen MR) is 148 cm³/mol. The summed E-state index contributed by atoms with van der Waals surface area (Å²) in [6.45, 7) is 20.4. The van der Waals surface area contributed by atoms with Crippen molar-refractivity contribution in [3.8, 4) is 0 Å². The van der Waals surface area contributed by atoms with Crippen molar-refractivity contribution >= 4 is 23.3 Å². The van der Waals surface area contributed by atoms with E-state index in [-0.39, 0.29) is 0 Å². The monoisotopic (exact) mass is 465 g/mol. The van der Waals surface area contributed by atoms with E-state index in [0.717, 1.165) is 52.9 Å². The molecule has 3 aromatic carbocycles. The minimum absolute atomic E-state index is 0.723. The summed E-state index contributed by atoms with van der Waals surface area (Å²) in [5.41, 5.74) is 8.00. The van der Waals surface area contributed by atoms with E-state index >= 15 is 0 Å². The van der Waals surface area contributed by atoms with Crippen molar-refractivity contribution in [1.29, 1.82) is 0 Å². The second kappa shape index (κ2) is 10.5. The highest BCUT2D eigenvalue weighted by Gasteiger charge is 2.29. The molecule has 0 spiro atoms. The first-order valence-electron chi connectivity index (χ1n) is 11.3. The van der Waals surface area contributed by atoms with Gasteiger partial charge in [0.15, 0.2) is 0 Å². The molecule has 3 nitrogen and oxygen atoms in total. The predicted octanol–water partition coefficient (Wildman–Crippen LogP) is 7.48. The van der Waals surface area contributed by atoms with E-state index in [2.05, 4.69) is 108 Å². The molecule has 1 aliphatic rings. The average Bonchev–Trinajstić information content (AvgIpc) is 3.12. The Bertz CT molecular complexity index is 1210. The Morgan fingerprint density at radius 3 is 2.21 bits per heavy atom. The zero-order chi connectivity index (χ0) is 24.1. The van der Waals surface area contributed by atoms with Gasteiger partial charge in [-0.2, -0.15) is 0 Å². The van der Waals surface area contributed by atoms with E-state index < -0.39 is 0 Å². The Labute approximate surface area is 207 Å². The van der Waals surface area contributed by atoms with Crippen LogP contribution in [-0.4, -0.2) is 4.90 Å². The van der Waals surface area contributed by atoms with Crippen molar-refractivity contribution in [1.82, 2.24) is 10.2 Å². The van der Waals surface area contributed by atoms with Gasteiger partial charge in [0.1, 0.15) is 5.82 Å². The summed E-state index contributed by atoms with van der Waals surface area (Å²) in [5, 5.41) is 4.46. The lowest BCUT2D eigenvalue weighted by molar-refractivity contribution is 0.461.